The van der Waals surface area contributed by atoms with Crippen molar-refractivity contribution >= 4 is 29.2 Å². The second-order valence-electron chi connectivity index (χ2n) is 14.6. The number of nitrogens with zero attached hydrogens (tertiary/aromatic N) is 3. The Bertz CT molecular complexity index is 1530. The molecule has 260 valence electrons. The lowest BCUT2D eigenvalue weighted by Gasteiger charge is -2.35. The second kappa shape index (κ2) is 15.8. The summed E-state index contributed by atoms with van der Waals surface area (Å²) >= 11 is 1.69. The van der Waals surface area contributed by atoms with Crippen LogP contribution in [0.25, 0.3) is 10.4 Å². The van der Waals surface area contributed by atoms with Gasteiger partial charge in [0.1, 0.15) is 17.7 Å². The Morgan fingerprint density at radius 3 is 2.40 bits per heavy atom. The zero-order valence-corrected chi connectivity index (χ0v) is 30.1. The summed E-state index contributed by atoms with van der Waals surface area (Å²) in [5, 5.41) is 13.6. The number of benzene rings is 1. The molecule has 0 atom stereocenters. The van der Waals surface area contributed by atoms with Crippen molar-refractivity contribution in [2.45, 2.75) is 110 Å². The topological polar surface area (TPSA) is 114 Å². The number of hydrogen-bond donors (Lipinski definition) is 2. The van der Waals surface area contributed by atoms with Crippen LogP contribution in [0.1, 0.15) is 107 Å². The van der Waals surface area contributed by atoms with E-state index in [0.717, 1.165) is 52.4 Å². The van der Waals surface area contributed by atoms with Gasteiger partial charge in [-0.25, -0.2) is 14.8 Å². The highest BCUT2D eigenvalue weighted by Gasteiger charge is 2.34. The Morgan fingerprint density at radius 2 is 1.77 bits per heavy atom. The summed E-state index contributed by atoms with van der Waals surface area (Å²) < 4.78 is 11.1. The smallest absolute Gasteiger partial charge is 0.407 e. The van der Waals surface area contributed by atoms with Crippen molar-refractivity contribution in [3.05, 3.63) is 58.9 Å². The van der Waals surface area contributed by atoms with Crippen LogP contribution in [-0.4, -0.2) is 59.0 Å². The maximum absolute atomic E-state index is 14.4. The van der Waals surface area contributed by atoms with Crippen LogP contribution < -0.4 is 15.0 Å². The number of methoxy groups -OCH3 is 1. The lowest BCUT2D eigenvalue weighted by atomic mass is 9.78. The van der Waals surface area contributed by atoms with E-state index in [0.29, 0.717) is 55.8 Å². The van der Waals surface area contributed by atoms with Crippen LogP contribution in [0.5, 0.6) is 5.75 Å². The van der Waals surface area contributed by atoms with E-state index in [1.54, 1.807) is 38.5 Å². The van der Waals surface area contributed by atoms with E-state index in [4.69, 9.17) is 14.5 Å². The van der Waals surface area contributed by atoms with E-state index in [1.165, 1.54) is 5.56 Å². The van der Waals surface area contributed by atoms with E-state index in [1.807, 2.05) is 23.2 Å². The number of carbonyl (C=O) groups is 2. The van der Waals surface area contributed by atoms with Crippen LogP contribution in [0.3, 0.4) is 0 Å². The first kappa shape index (κ1) is 35.8. The summed E-state index contributed by atoms with van der Waals surface area (Å²) in [6.07, 6.45) is 9.76. The normalized spacial score (nSPS) is 21.5. The van der Waals surface area contributed by atoms with Crippen LogP contribution in [0.15, 0.2) is 42.7 Å². The first-order chi connectivity index (χ1) is 22.9. The number of ether oxygens (including phenoxy) is 2. The Hall–Kier alpha value is -3.50. The average Bonchev–Trinajstić information content (AvgIpc) is 3.58. The molecule has 1 aromatic carbocycles. The van der Waals surface area contributed by atoms with Crippen LogP contribution in [0, 0.1) is 18.8 Å². The molecule has 2 saturated carbocycles. The third-order valence-electron chi connectivity index (χ3n) is 9.73. The zero-order valence-electron chi connectivity index (χ0n) is 29.3. The largest absolute Gasteiger partial charge is 0.496 e. The second-order valence-corrected chi connectivity index (χ2v) is 15.6. The fraction of sp³-hybridized carbons (Fsp3) is 0.579. The molecule has 0 spiro atoms. The van der Waals surface area contributed by atoms with Gasteiger partial charge in [0.15, 0.2) is 0 Å². The molecular formula is C38H52N4O5S. The maximum atomic E-state index is 14.4. The molecule has 3 aromatic rings. The summed E-state index contributed by atoms with van der Waals surface area (Å²) in [6, 6.07) is 10.6. The van der Waals surface area contributed by atoms with Gasteiger partial charge in [-0.3, -0.25) is 9.69 Å². The summed E-state index contributed by atoms with van der Waals surface area (Å²) in [7, 11) is 1.71. The highest BCUT2D eigenvalue weighted by atomic mass is 32.1. The Balaban J connectivity index is 1.28. The fourth-order valence-electron chi connectivity index (χ4n) is 6.93. The minimum Gasteiger partial charge on any atom is -0.496 e. The van der Waals surface area contributed by atoms with E-state index in [-0.39, 0.29) is 24.5 Å². The minimum atomic E-state index is -1.01. The number of rotatable bonds is 11. The summed E-state index contributed by atoms with van der Waals surface area (Å²) in [5.41, 5.74) is 2.54. The van der Waals surface area contributed by atoms with Crippen molar-refractivity contribution in [3.63, 3.8) is 0 Å². The highest BCUT2D eigenvalue weighted by molar-refractivity contribution is 7.15. The highest BCUT2D eigenvalue weighted by Crippen LogP contribution is 2.39. The summed E-state index contributed by atoms with van der Waals surface area (Å²) in [6.45, 7) is 10.4. The Kier molecular flexibility index (Phi) is 11.8. The Morgan fingerprint density at radius 1 is 1.04 bits per heavy atom. The number of pyridine rings is 1. The van der Waals surface area contributed by atoms with Gasteiger partial charge < -0.3 is 19.9 Å². The lowest BCUT2D eigenvalue weighted by Crippen LogP contribution is -2.43. The van der Waals surface area contributed by atoms with Gasteiger partial charge >= 0.3 is 6.09 Å². The van der Waals surface area contributed by atoms with Gasteiger partial charge in [-0.2, -0.15) is 0 Å². The molecule has 0 bridgehead atoms. The number of aromatic nitrogens is 2. The maximum Gasteiger partial charge on any atom is 0.407 e. The van der Waals surface area contributed by atoms with E-state index in [9.17, 15) is 14.7 Å². The van der Waals surface area contributed by atoms with Gasteiger partial charge in [-0.15, -0.1) is 11.3 Å². The number of aliphatic hydroxyl groups is 1. The third kappa shape index (κ3) is 9.35. The van der Waals surface area contributed by atoms with Gasteiger partial charge in [0.25, 0.3) is 0 Å². The van der Waals surface area contributed by atoms with Crippen LogP contribution in [0.2, 0.25) is 0 Å². The molecule has 2 amide bonds. The van der Waals surface area contributed by atoms with Crippen molar-refractivity contribution in [1.82, 2.24) is 15.3 Å². The molecule has 2 aromatic heterocycles. The molecule has 9 nitrogen and oxygen atoms in total. The number of nitrogens with one attached hydrogen (secondary N) is 1. The first-order valence-corrected chi connectivity index (χ1v) is 18.3. The van der Waals surface area contributed by atoms with Crippen molar-refractivity contribution in [3.8, 4) is 16.2 Å². The standard InChI is InChI=1S/C38H52N4O5S/c1-24(2)35-40-21-33(48-35)30-17-18-39-34(20-30)42(22-26-7-9-27(10-8-26)29-13-16-32(46-6)25(3)19-29)36(43)28-11-14-31(15-12-28)47-37(44)41-23-38(4,5)45/h13,16-21,24,26-28,31,45H,7-12,14-15,22-23H2,1-6H3,(H,41,44). The van der Waals surface area contributed by atoms with E-state index < -0.39 is 11.7 Å². The average molecular weight is 677 g/mol. The molecule has 48 heavy (non-hydrogen) atoms. The van der Waals surface area contributed by atoms with Crippen molar-refractivity contribution < 1.29 is 24.2 Å². The Labute approximate surface area is 289 Å². The number of aryl methyl sites for hydroxylation is 1. The zero-order chi connectivity index (χ0) is 34.4. The van der Waals surface area contributed by atoms with Crippen molar-refractivity contribution in [2.75, 3.05) is 25.1 Å². The molecule has 0 saturated heterocycles. The van der Waals surface area contributed by atoms with Crippen LogP contribution in [0.4, 0.5) is 10.6 Å². The molecule has 0 unspecified atom stereocenters. The summed E-state index contributed by atoms with van der Waals surface area (Å²) in [5.74, 6) is 2.79. The predicted octanol–water partition coefficient (Wildman–Crippen LogP) is 8.01. The molecule has 2 aliphatic rings. The summed E-state index contributed by atoms with van der Waals surface area (Å²) in [4.78, 5) is 39.0. The monoisotopic (exact) mass is 676 g/mol. The molecular weight excluding hydrogens is 625 g/mol. The van der Waals surface area contributed by atoms with Crippen LogP contribution >= 0.6 is 11.3 Å². The van der Waals surface area contributed by atoms with Gasteiger partial charge in [0.05, 0.1) is 22.6 Å². The lowest BCUT2D eigenvalue weighted by molar-refractivity contribution is -0.124. The van der Waals surface area contributed by atoms with E-state index in [2.05, 4.69) is 49.3 Å². The SMILES string of the molecule is COc1ccc(C2CCC(CN(C(=O)C3CCC(OC(=O)NCC(C)(C)O)CC3)c3cc(-c4cnc(C(C)C)s4)ccn3)CC2)cc1C. The predicted molar refractivity (Wildman–Crippen MR) is 191 cm³/mol. The van der Waals surface area contributed by atoms with Gasteiger partial charge in [-0.1, -0.05) is 26.0 Å². The number of anilines is 1. The number of hydrogen-bond acceptors (Lipinski definition) is 8. The molecule has 10 heteroatoms. The first-order valence-electron chi connectivity index (χ1n) is 17.4. The number of amides is 2. The quantitative estimate of drug-likeness (QED) is 0.212. The molecule has 5 rings (SSSR count). The molecule has 0 aliphatic heterocycles. The van der Waals surface area contributed by atoms with Gasteiger partial charge in [0, 0.05) is 37.3 Å². The van der Waals surface area contributed by atoms with Crippen molar-refractivity contribution in [1.29, 1.82) is 0 Å². The molecule has 2 N–H and O–H groups in total. The minimum absolute atomic E-state index is 0.102. The molecule has 2 fully saturated rings. The van der Waals surface area contributed by atoms with Gasteiger partial charge in [-0.05, 0) is 119 Å². The molecule has 2 heterocycles. The number of thiazole rings is 1. The fourth-order valence-corrected chi connectivity index (χ4v) is 7.84. The van der Waals surface area contributed by atoms with Crippen LogP contribution in [-0.2, 0) is 9.53 Å². The van der Waals surface area contributed by atoms with E-state index >= 15 is 0 Å². The number of carbonyl (C=O) groups excluding carboxylic acids is 2. The van der Waals surface area contributed by atoms with Crippen molar-refractivity contribution in [2.24, 2.45) is 11.8 Å². The molecule has 0 radical (unpaired) electrons. The molecule has 2 aliphatic carbocycles. The third-order valence-corrected chi connectivity index (χ3v) is 11.1. The van der Waals surface area contributed by atoms with Gasteiger partial charge in [0.2, 0.25) is 5.91 Å². The number of alkyl carbamates (subject to hydrolysis) is 1.